The number of hydrogen-bond acceptors (Lipinski definition) is 4. The number of anilines is 1. The first-order valence-corrected chi connectivity index (χ1v) is 9.11. The lowest BCUT2D eigenvalue weighted by atomic mass is 10.2. The van der Waals surface area contributed by atoms with Gasteiger partial charge >= 0.3 is 5.97 Å². The van der Waals surface area contributed by atoms with E-state index in [2.05, 4.69) is 0 Å². The molecule has 0 fully saturated rings. The van der Waals surface area contributed by atoms with Gasteiger partial charge in [-0.25, -0.2) is 13.2 Å². The number of sulfonamides is 1. The predicted octanol–water partition coefficient (Wildman–Crippen LogP) is 3.65. The minimum absolute atomic E-state index is 0.127. The molecule has 0 aromatic heterocycles. The average molecular weight is 368 g/mol. The van der Waals surface area contributed by atoms with Crippen LogP contribution in [-0.4, -0.2) is 28.0 Å². The Morgan fingerprint density at radius 2 is 1.79 bits per heavy atom. The molecule has 0 saturated carbocycles. The van der Waals surface area contributed by atoms with E-state index in [1.54, 1.807) is 31.2 Å². The van der Waals surface area contributed by atoms with Crippen LogP contribution >= 0.6 is 11.6 Å². The maximum absolute atomic E-state index is 12.7. The summed E-state index contributed by atoms with van der Waals surface area (Å²) in [6.07, 6.45) is 0. The van der Waals surface area contributed by atoms with Crippen LogP contribution in [0.2, 0.25) is 5.02 Å². The second-order valence-corrected chi connectivity index (χ2v) is 7.55. The van der Waals surface area contributed by atoms with Crippen LogP contribution in [0.15, 0.2) is 47.4 Å². The van der Waals surface area contributed by atoms with E-state index in [1.807, 2.05) is 6.92 Å². The number of nitrogens with zero attached hydrogens (tertiary/aromatic N) is 1. The Bertz CT molecular complexity index is 847. The molecule has 2 aromatic rings. The summed E-state index contributed by atoms with van der Waals surface area (Å²) < 4.78 is 31.5. The maximum atomic E-state index is 12.7. The SMILES string of the molecule is CCOC(=O)c1cc(N(C)S(=O)(=O)c2ccc(C)cc2)ccc1Cl. The highest BCUT2D eigenvalue weighted by Gasteiger charge is 2.23. The van der Waals surface area contributed by atoms with E-state index < -0.39 is 16.0 Å². The van der Waals surface area contributed by atoms with Crippen LogP contribution in [-0.2, 0) is 14.8 Å². The van der Waals surface area contributed by atoms with E-state index in [0.29, 0.717) is 5.69 Å². The lowest BCUT2D eigenvalue weighted by Gasteiger charge is -2.20. The number of carbonyl (C=O) groups is 1. The number of ether oxygens (including phenoxy) is 1. The Kier molecular flexibility index (Phi) is 5.51. The largest absolute Gasteiger partial charge is 0.462 e. The van der Waals surface area contributed by atoms with E-state index in [1.165, 1.54) is 25.2 Å². The second kappa shape index (κ2) is 7.23. The molecule has 0 spiro atoms. The van der Waals surface area contributed by atoms with Crippen LogP contribution in [0.4, 0.5) is 5.69 Å². The van der Waals surface area contributed by atoms with Gasteiger partial charge in [0, 0.05) is 7.05 Å². The molecule has 0 saturated heterocycles. The van der Waals surface area contributed by atoms with Crippen LogP contribution in [0, 0.1) is 6.92 Å². The van der Waals surface area contributed by atoms with Gasteiger partial charge in [-0.1, -0.05) is 29.3 Å². The summed E-state index contributed by atoms with van der Waals surface area (Å²) in [5.41, 5.74) is 1.41. The topological polar surface area (TPSA) is 63.7 Å². The fourth-order valence-electron chi connectivity index (χ4n) is 2.08. The van der Waals surface area contributed by atoms with Crippen LogP contribution in [0.5, 0.6) is 0 Å². The Balaban J connectivity index is 2.42. The number of aryl methyl sites for hydroxylation is 1. The molecule has 0 heterocycles. The predicted molar refractivity (Wildman–Crippen MR) is 94.2 cm³/mol. The van der Waals surface area contributed by atoms with Crippen molar-refractivity contribution >= 4 is 33.3 Å². The molecule has 0 unspecified atom stereocenters. The third-order valence-electron chi connectivity index (χ3n) is 3.49. The summed E-state index contributed by atoms with van der Waals surface area (Å²) in [5.74, 6) is -0.592. The molecule has 0 atom stereocenters. The number of hydrogen-bond donors (Lipinski definition) is 0. The van der Waals surface area contributed by atoms with Crippen molar-refractivity contribution < 1.29 is 17.9 Å². The van der Waals surface area contributed by atoms with E-state index >= 15 is 0 Å². The molecule has 0 bridgehead atoms. The van der Waals surface area contributed by atoms with Gasteiger partial charge in [0.2, 0.25) is 0 Å². The average Bonchev–Trinajstić information content (AvgIpc) is 2.55. The van der Waals surface area contributed by atoms with E-state index in [0.717, 1.165) is 9.87 Å². The molecular formula is C17H18ClNO4S. The molecule has 0 N–H and O–H groups in total. The van der Waals surface area contributed by atoms with Crippen LogP contribution in [0.3, 0.4) is 0 Å². The summed E-state index contributed by atoms with van der Waals surface area (Å²) in [4.78, 5) is 12.1. The van der Waals surface area contributed by atoms with Crippen molar-refractivity contribution in [3.63, 3.8) is 0 Å². The van der Waals surface area contributed by atoms with Crippen molar-refractivity contribution in [2.75, 3.05) is 18.0 Å². The fourth-order valence-corrected chi connectivity index (χ4v) is 3.46. The third kappa shape index (κ3) is 3.71. The Labute approximate surface area is 146 Å². The molecule has 0 aliphatic heterocycles. The van der Waals surface area contributed by atoms with E-state index in [4.69, 9.17) is 16.3 Å². The van der Waals surface area contributed by atoms with Crippen molar-refractivity contribution in [1.29, 1.82) is 0 Å². The molecule has 7 heteroatoms. The first kappa shape index (κ1) is 18.3. The lowest BCUT2D eigenvalue weighted by molar-refractivity contribution is 0.0526. The van der Waals surface area contributed by atoms with Crippen molar-refractivity contribution in [3.05, 3.63) is 58.6 Å². The van der Waals surface area contributed by atoms with Crippen molar-refractivity contribution in [1.82, 2.24) is 0 Å². The first-order chi connectivity index (χ1) is 11.3. The number of esters is 1. The van der Waals surface area contributed by atoms with Crippen LogP contribution in [0.1, 0.15) is 22.8 Å². The minimum Gasteiger partial charge on any atom is -0.462 e. The van der Waals surface area contributed by atoms with Gasteiger partial charge in [0.1, 0.15) is 0 Å². The monoisotopic (exact) mass is 367 g/mol. The Hall–Kier alpha value is -2.05. The summed E-state index contributed by atoms with van der Waals surface area (Å²) in [7, 11) is -2.31. The van der Waals surface area contributed by atoms with Gasteiger partial charge < -0.3 is 4.74 Å². The van der Waals surface area contributed by atoms with E-state index in [-0.39, 0.29) is 22.1 Å². The Morgan fingerprint density at radius 1 is 1.17 bits per heavy atom. The highest BCUT2D eigenvalue weighted by Crippen LogP contribution is 2.27. The summed E-state index contributed by atoms with van der Waals surface area (Å²) in [6, 6.07) is 11.0. The van der Waals surface area contributed by atoms with Crippen molar-refractivity contribution in [2.24, 2.45) is 0 Å². The highest BCUT2D eigenvalue weighted by molar-refractivity contribution is 7.92. The molecule has 2 aromatic carbocycles. The molecule has 128 valence electrons. The number of carbonyl (C=O) groups excluding carboxylic acids is 1. The quantitative estimate of drug-likeness (QED) is 0.757. The Morgan fingerprint density at radius 3 is 2.38 bits per heavy atom. The lowest BCUT2D eigenvalue weighted by Crippen LogP contribution is -2.26. The van der Waals surface area contributed by atoms with Gasteiger partial charge in [-0.2, -0.15) is 0 Å². The standard InChI is InChI=1S/C17H18ClNO4S/c1-4-23-17(20)15-11-13(7-10-16(15)18)19(3)24(21,22)14-8-5-12(2)6-9-14/h5-11H,4H2,1-3H3. The van der Waals surface area contributed by atoms with Crippen LogP contribution in [0.25, 0.3) is 0 Å². The van der Waals surface area contributed by atoms with Gasteiger partial charge in [-0.3, -0.25) is 4.31 Å². The van der Waals surface area contributed by atoms with Crippen molar-refractivity contribution in [2.45, 2.75) is 18.7 Å². The second-order valence-electron chi connectivity index (χ2n) is 5.17. The molecule has 24 heavy (non-hydrogen) atoms. The normalized spacial score (nSPS) is 11.2. The molecule has 2 rings (SSSR count). The van der Waals surface area contributed by atoms with Gasteiger partial charge in [0.25, 0.3) is 10.0 Å². The fraction of sp³-hybridized carbons (Fsp3) is 0.235. The highest BCUT2D eigenvalue weighted by atomic mass is 35.5. The number of benzene rings is 2. The minimum atomic E-state index is -3.74. The maximum Gasteiger partial charge on any atom is 0.339 e. The molecule has 0 radical (unpaired) electrons. The van der Waals surface area contributed by atoms with Crippen LogP contribution < -0.4 is 4.31 Å². The third-order valence-corrected chi connectivity index (χ3v) is 5.62. The van der Waals surface area contributed by atoms with Gasteiger partial charge in [0.15, 0.2) is 0 Å². The summed E-state index contributed by atoms with van der Waals surface area (Å²) >= 11 is 6.01. The molecule has 0 aliphatic rings. The summed E-state index contributed by atoms with van der Waals surface area (Å²) in [6.45, 7) is 3.77. The van der Waals surface area contributed by atoms with Gasteiger partial charge in [0.05, 0.1) is 27.8 Å². The zero-order chi connectivity index (χ0) is 17.9. The molecular weight excluding hydrogens is 350 g/mol. The molecule has 0 amide bonds. The van der Waals surface area contributed by atoms with Crippen molar-refractivity contribution in [3.8, 4) is 0 Å². The van der Waals surface area contributed by atoms with E-state index in [9.17, 15) is 13.2 Å². The van der Waals surface area contributed by atoms with Gasteiger partial charge in [-0.05, 0) is 44.2 Å². The molecule has 5 nitrogen and oxygen atoms in total. The first-order valence-electron chi connectivity index (χ1n) is 7.29. The number of halogens is 1. The zero-order valence-corrected chi connectivity index (χ0v) is 15.2. The molecule has 0 aliphatic carbocycles. The van der Waals surface area contributed by atoms with Gasteiger partial charge in [-0.15, -0.1) is 0 Å². The number of rotatable bonds is 5. The summed E-state index contributed by atoms with van der Waals surface area (Å²) in [5, 5.41) is 0.207. The smallest absolute Gasteiger partial charge is 0.339 e. The zero-order valence-electron chi connectivity index (χ0n) is 13.6.